The summed E-state index contributed by atoms with van der Waals surface area (Å²) in [6.07, 6.45) is 0. The smallest absolute Gasteiger partial charge is 0.251 e. The summed E-state index contributed by atoms with van der Waals surface area (Å²) >= 11 is 0. The van der Waals surface area contributed by atoms with Gasteiger partial charge in [0.2, 0.25) is 0 Å². The van der Waals surface area contributed by atoms with E-state index in [2.05, 4.69) is 10.3 Å². The van der Waals surface area contributed by atoms with E-state index in [4.69, 9.17) is 0 Å². The fraction of sp³-hybridized carbons (Fsp3) is 0.111. The molecule has 3 nitrogen and oxygen atoms in total. The van der Waals surface area contributed by atoms with Gasteiger partial charge in [-0.1, -0.05) is 42.5 Å². The summed E-state index contributed by atoms with van der Waals surface area (Å²) in [5.41, 5.74) is 3.48. The maximum Gasteiger partial charge on any atom is 0.251 e. The van der Waals surface area contributed by atoms with Gasteiger partial charge in [-0.3, -0.25) is 9.78 Å². The average Bonchev–Trinajstić information content (AvgIpc) is 2.53. The SMILES string of the molecule is Cc1ccccc1C(=O)NCc1ccc2ccccc2n1. The summed E-state index contributed by atoms with van der Waals surface area (Å²) in [6.45, 7) is 2.36. The Hall–Kier alpha value is -2.68. The van der Waals surface area contributed by atoms with Gasteiger partial charge >= 0.3 is 0 Å². The van der Waals surface area contributed by atoms with Crippen molar-refractivity contribution in [3.05, 3.63) is 77.5 Å². The number of rotatable bonds is 3. The van der Waals surface area contributed by atoms with Crippen LogP contribution in [0.4, 0.5) is 0 Å². The molecule has 0 saturated carbocycles. The number of pyridine rings is 1. The largest absolute Gasteiger partial charge is 0.346 e. The monoisotopic (exact) mass is 276 g/mol. The first-order valence-corrected chi connectivity index (χ1v) is 6.92. The van der Waals surface area contributed by atoms with Gasteiger partial charge in [-0.25, -0.2) is 0 Å². The maximum absolute atomic E-state index is 12.2. The van der Waals surface area contributed by atoms with Crippen molar-refractivity contribution in [3.8, 4) is 0 Å². The van der Waals surface area contributed by atoms with Gasteiger partial charge in [-0.15, -0.1) is 0 Å². The highest BCUT2D eigenvalue weighted by atomic mass is 16.1. The third-order valence-electron chi connectivity index (χ3n) is 3.48. The van der Waals surface area contributed by atoms with E-state index in [0.29, 0.717) is 12.1 Å². The lowest BCUT2D eigenvalue weighted by Gasteiger charge is -2.08. The van der Waals surface area contributed by atoms with Gasteiger partial charge < -0.3 is 5.32 Å². The number of carbonyl (C=O) groups is 1. The summed E-state index contributed by atoms with van der Waals surface area (Å²) in [4.78, 5) is 16.7. The lowest BCUT2D eigenvalue weighted by atomic mass is 10.1. The molecule has 2 aromatic carbocycles. The van der Waals surface area contributed by atoms with Gasteiger partial charge in [0.1, 0.15) is 0 Å². The van der Waals surface area contributed by atoms with E-state index in [1.807, 2.05) is 67.6 Å². The summed E-state index contributed by atoms with van der Waals surface area (Å²) < 4.78 is 0. The van der Waals surface area contributed by atoms with Crippen LogP contribution in [0.1, 0.15) is 21.6 Å². The van der Waals surface area contributed by atoms with E-state index < -0.39 is 0 Å². The summed E-state index contributed by atoms with van der Waals surface area (Å²) in [5, 5.41) is 4.02. The van der Waals surface area contributed by atoms with E-state index in [0.717, 1.165) is 22.2 Å². The van der Waals surface area contributed by atoms with Crippen molar-refractivity contribution in [2.24, 2.45) is 0 Å². The number of fused-ring (bicyclic) bond motifs is 1. The van der Waals surface area contributed by atoms with Crippen molar-refractivity contribution in [3.63, 3.8) is 0 Å². The normalized spacial score (nSPS) is 10.5. The molecular weight excluding hydrogens is 260 g/mol. The Bertz CT molecular complexity index is 796. The molecule has 1 aromatic heterocycles. The Kier molecular flexibility index (Phi) is 3.65. The third kappa shape index (κ3) is 2.92. The second-order valence-corrected chi connectivity index (χ2v) is 4.99. The Balaban J connectivity index is 1.74. The van der Waals surface area contributed by atoms with Gasteiger partial charge in [0, 0.05) is 10.9 Å². The molecule has 1 N–H and O–H groups in total. The zero-order valence-electron chi connectivity index (χ0n) is 11.8. The van der Waals surface area contributed by atoms with Gasteiger partial charge in [0.25, 0.3) is 5.91 Å². The number of aryl methyl sites for hydroxylation is 1. The highest BCUT2D eigenvalue weighted by Gasteiger charge is 2.08. The van der Waals surface area contributed by atoms with Crippen LogP contribution in [0, 0.1) is 6.92 Å². The quantitative estimate of drug-likeness (QED) is 0.796. The highest BCUT2D eigenvalue weighted by molar-refractivity contribution is 5.95. The molecule has 0 aliphatic rings. The van der Waals surface area contributed by atoms with Crippen molar-refractivity contribution in [2.45, 2.75) is 13.5 Å². The van der Waals surface area contributed by atoms with Crippen LogP contribution in [-0.4, -0.2) is 10.9 Å². The topological polar surface area (TPSA) is 42.0 Å². The number of hydrogen-bond donors (Lipinski definition) is 1. The molecule has 21 heavy (non-hydrogen) atoms. The van der Waals surface area contributed by atoms with Crippen LogP contribution in [0.3, 0.4) is 0 Å². The number of carbonyl (C=O) groups excluding carboxylic acids is 1. The number of amides is 1. The van der Waals surface area contributed by atoms with Crippen LogP contribution in [0.5, 0.6) is 0 Å². The van der Waals surface area contributed by atoms with Gasteiger partial charge in [-0.2, -0.15) is 0 Å². The minimum absolute atomic E-state index is 0.0666. The fourth-order valence-corrected chi connectivity index (χ4v) is 2.30. The lowest BCUT2D eigenvalue weighted by Crippen LogP contribution is -2.24. The predicted molar refractivity (Wildman–Crippen MR) is 84.1 cm³/mol. The molecule has 0 fully saturated rings. The number of hydrogen-bond acceptors (Lipinski definition) is 2. The van der Waals surface area contributed by atoms with Crippen LogP contribution >= 0.6 is 0 Å². The molecule has 1 amide bonds. The predicted octanol–water partition coefficient (Wildman–Crippen LogP) is 3.47. The van der Waals surface area contributed by atoms with E-state index in [1.165, 1.54) is 0 Å². The van der Waals surface area contributed by atoms with Crippen LogP contribution < -0.4 is 5.32 Å². The standard InChI is InChI=1S/C18H16N2O/c1-13-6-2-4-8-16(13)18(21)19-12-15-11-10-14-7-3-5-9-17(14)20-15/h2-11H,12H2,1H3,(H,19,21). The van der Waals surface area contributed by atoms with Crippen LogP contribution in [-0.2, 0) is 6.54 Å². The first kappa shape index (κ1) is 13.3. The molecule has 0 aliphatic heterocycles. The maximum atomic E-state index is 12.2. The van der Waals surface area contributed by atoms with Crippen LogP contribution in [0.15, 0.2) is 60.7 Å². The molecule has 0 unspecified atom stereocenters. The third-order valence-corrected chi connectivity index (χ3v) is 3.48. The van der Waals surface area contributed by atoms with Gasteiger partial charge in [0.15, 0.2) is 0 Å². The van der Waals surface area contributed by atoms with E-state index >= 15 is 0 Å². The van der Waals surface area contributed by atoms with Gasteiger partial charge in [0.05, 0.1) is 17.8 Å². The average molecular weight is 276 g/mol. The molecule has 104 valence electrons. The number of nitrogens with one attached hydrogen (secondary N) is 1. The molecule has 1 heterocycles. The van der Waals surface area contributed by atoms with Crippen LogP contribution in [0.25, 0.3) is 10.9 Å². The Labute approximate surface area is 123 Å². The molecular formula is C18H16N2O. The van der Waals surface area contributed by atoms with Crippen molar-refractivity contribution < 1.29 is 4.79 Å². The molecule has 0 bridgehead atoms. The fourth-order valence-electron chi connectivity index (χ4n) is 2.30. The van der Waals surface area contributed by atoms with Crippen molar-refractivity contribution in [1.82, 2.24) is 10.3 Å². The number of benzene rings is 2. The molecule has 0 saturated heterocycles. The van der Waals surface area contributed by atoms with Crippen molar-refractivity contribution in [2.75, 3.05) is 0 Å². The molecule has 3 heteroatoms. The molecule has 0 aliphatic carbocycles. The van der Waals surface area contributed by atoms with E-state index in [-0.39, 0.29) is 5.91 Å². The van der Waals surface area contributed by atoms with Gasteiger partial charge in [-0.05, 0) is 30.7 Å². The Morgan fingerprint density at radius 1 is 1.00 bits per heavy atom. The summed E-state index contributed by atoms with van der Waals surface area (Å²) in [5.74, 6) is -0.0666. The zero-order valence-corrected chi connectivity index (χ0v) is 11.8. The van der Waals surface area contributed by atoms with Crippen LogP contribution in [0.2, 0.25) is 0 Å². The molecule has 0 spiro atoms. The number of para-hydroxylation sites is 1. The number of aromatic nitrogens is 1. The molecule has 0 atom stereocenters. The zero-order chi connectivity index (χ0) is 14.7. The molecule has 3 aromatic rings. The lowest BCUT2D eigenvalue weighted by molar-refractivity contribution is 0.0950. The Morgan fingerprint density at radius 2 is 1.76 bits per heavy atom. The first-order valence-electron chi connectivity index (χ1n) is 6.92. The summed E-state index contributed by atoms with van der Waals surface area (Å²) in [7, 11) is 0. The van der Waals surface area contributed by atoms with E-state index in [1.54, 1.807) is 0 Å². The van der Waals surface area contributed by atoms with Crippen molar-refractivity contribution in [1.29, 1.82) is 0 Å². The summed E-state index contributed by atoms with van der Waals surface area (Å²) in [6, 6.07) is 19.5. The van der Waals surface area contributed by atoms with Crippen molar-refractivity contribution >= 4 is 16.8 Å². The second-order valence-electron chi connectivity index (χ2n) is 4.99. The Morgan fingerprint density at radius 3 is 2.62 bits per heavy atom. The second kappa shape index (κ2) is 5.75. The molecule has 3 rings (SSSR count). The minimum Gasteiger partial charge on any atom is -0.346 e. The first-order chi connectivity index (χ1) is 10.2. The number of nitrogens with zero attached hydrogens (tertiary/aromatic N) is 1. The highest BCUT2D eigenvalue weighted by Crippen LogP contribution is 2.12. The minimum atomic E-state index is -0.0666. The molecule has 0 radical (unpaired) electrons. The van der Waals surface area contributed by atoms with E-state index in [9.17, 15) is 4.79 Å².